The molecule has 1 N–H and O–H groups in total. The molecule has 10 heteroatoms. The zero-order valence-corrected chi connectivity index (χ0v) is 18.1. The van der Waals surface area contributed by atoms with Gasteiger partial charge in [0.2, 0.25) is 0 Å². The van der Waals surface area contributed by atoms with Gasteiger partial charge in [-0.3, -0.25) is 19.8 Å². The molecule has 0 amide bonds. The lowest BCUT2D eigenvalue weighted by molar-refractivity contribution is -0.385. The molecule has 1 aliphatic heterocycles. The van der Waals surface area contributed by atoms with Crippen molar-refractivity contribution in [1.29, 1.82) is 0 Å². The van der Waals surface area contributed by atoms with E-state index in [2.05, 4.69) is 41.1 Å². The third-order valence-corrected chi connectivity index (χ3v) is 5.43. The fraction of sp³-hybridized carbons (Fsp3) is 0.733. The summed E-state index contributed by atoms with van der Waals surface area (Å²) in [5.74, 6) is 2.67. The van der Waals surface area contributed by atoms with Gasteiger partial charge in [0.05, 0.1) is 18.0 Å². The minimum Gasteiger partial charge on any atom is -0.357 e. The maximum atomic E-state index is 10.7. The Labute approximate surface area is 170 Å². The average Bonchev–Trinajstić information content (AvgIpc) is 3.03. The highest BCUT2D eigenvalue weighted by atomic mass is 127. The van der Waals surface area contributed by atoms with E-state index >= 15 is 0 Å². The zero-order chi connectivity index (χ0) is 17.5. The molecule has 1 unspecified atom stereocenters. The van der Waals surface area contributed by atoms with E-state index in [0.717, 1.165) is 31.3 Å². The van der Waals surface area contributed by atoms with Crippen molar-refractivity contribution in [3.05, 3.63) is 22.5 Å². The first kappa shape index (κ1) is 22.0. The first-order chi connectivity index (χ1) is 11.5. The molecule has 2 heterocycles. The lowest BCUT2D eigenvalue weighted by Crippen LogP contribution is -2.49. The summed E-state index contributed by atoms with van der Waals surface area (Å²) < 4.78 is 1.56. The fourth-order valence-electron chi connectivity index (χ4n) is 2.52. The molecule has 2 rings (SSSR count). The number of halogens is 1. The van der Waals surface area contributed by atoms with E-state index in [0.29, 0.717) is 24.3 Å². The van der Waals surface area contributed by atoms with Gasteiger partial charge in [0.1, 0.15) is 12.4 Å². The van der Waals surface area contributed by atoms with Crippen molar-refractivity contribution < 1.29 is 4.92 Å². The van der Waals surface area contributed by atoms with Gasteiger partial charge < -0.3 is 10.2 Å². The summed E-state index contributed by atoms with van der Waals surface area (Å²) in [6.45, 7) is 10.5. The van der Waals surface area contributed by atoms with Crippen LogP contribution in [-0.2, 0) is 6.54 Å². The normalized spacial score (nSPS) is 18.2. The van der Waals surface area contributed by atoms with Crippen LogP contribution in [0.5, 0.6) is 0 Å². The van der Waals surface area contributed by atoms with E-state index < -0.39 is 4.92 Å². The summed E-state index contributed by atoms with van der Waals surface area (Å²) in [6, 6.07) is 0. The number of aromatic nitrogens is 2. The predicted molar refractivity (Wildman–Crippen MR) is 113 cm³/mol. The lowest BCUT2D eigenvalue weighted by atomic mass is 10.1. The second kappa shape index (κ2) is 10.8. The summed E-state index contributed by atoms with van der Waals surface area (Å²) in [6.07, 6.45) is 2.71. The second-order valence-electron chi connectivity index (χ2n) is 6.05. The third-order valence-electron chi connectivity index (χ3n) is 3.89. The summed E-state index contributed by atoms with van der Waals surface area (Å²) in [5, 5.41) is 18.6. The van der Waals surface area contributed by atoms with Crippen molar-refractivity contribution in [3.8, 4) is 0 Å². The highest BCUT2D eigenvalue weighted by Crippen LogP contribution is 2.24. The molecular weight excluding hydrogens is 455 g/mol. The van der Waals surface area contributed by atoms with Gasteiger partial charge in [-0.15, -0.1) is 24.0 Å². The van der Waals surface area contributed by atoms with Crippen LogP contribution in [0, 0.1) is 16.0 Å². The van der Waals surface area contributed by atoms with Crippen LogP contribution < -0.4 is 5.32 Å². The van der Waals surface area contributed by atoms with Crippen LogP contribution in [0.2, 0.25) is 0 Å². The Bertz CT molecular complexity index is 580. The fourth-order valence-corrected chi connectivity index (χ4v) is 3.82. The Morgan fingerprint density at radius 1 is 1.60 bits per heavy atom. The molecule has 1 aliphatic rings. The van der Waals surface area contributed by atoms with Crippen molar-refractivity contribution in [2.24, 2.45) is 10.9 Å². The molecule has 25 heavy (non-hydrogen) atoms. The second-order valence-corrected chi connectivity index (χ2v) is 7.40. The zero-order valence-electron chi connectivity index (χ0n) is 14.9. The molecule has 1 fully saturated rings. The number of nitrogens with one attached hydrogen (secondary N) is 1. The van der Waals surface area contributed by atoms with Crippen molar-refractivity contribution in [2.75, 3.05) is 31.9 Å². The molecule has 1 aromatic rings. The van der Waals surface area contributed by atoms with Crippen LogP contribution in [0.25, 0.3) is 0 Å². The maximum Gasteiger partial charge on any atom is 0.306 e. The van der Waals surface area contributed by atoms with Gasteiger partial charge >= 0.3 is 5.69 Å². The molecule has 1 aromatic heterocycles. The van der Waals surface area contributed by atoms with Crippen LogP contribution >= 0.6 is 35.7 Å². The standard InChI is InChI=1S/C15H26N6O2S.HI/c1-4-16-15(19-7-8-24-14(11-19)12(2)3)17-5-6-20-10-13(9-18-20)21(22)23;/h9-10,12,14H,4-8,11H2,1-3H3,(H,16,17);1H. The molecule has 142 valence electrons. The van der Waals surface area contributed by atoms with Gasteiger partial charge in [0.25, 0.3) is 0 Å². The Balaban J connectivity index is 0.00000312. The maximum absolute atomic E-state index is 10.7. The highest BCUT2D eigenvalue weighted by molar-refractivity contribution is 14.0. The topological polar surface area (TPSA) is 88.6 Å². The largest absolute Gasteiger partial charge is 0.357 e. The average molecular weight is 482 g/mol. The van der Waals surface area contributed by atoms with Crippen molar-refractivity contribution in [3.63, 3.8) is 0 Å². The van der Waals surface area contributed by atoms with E-state index in [1.54, 1.807) is 4.68 Å². The van der Waals surface area contributed by atoms with Crippen molar-refractivity contribution >= 4 is 47.4 Å². The number of aliphatic imine (C=N–C) groups is 1. The number of thioether (sulfide) groups is 1. The SMILES string of the molecule is CCNC(=NCCn1cc([N+](=O)[O-])cn1)N1CCSC(C(C)C)C1.I. The van der Waals surface area contributed by atoms with Crippen molar-refractivity contribution in [1.82, 2.24) is 20.0 Å². The van der Waals surface area contributed by atoms with Gasteiger partial charge in [-0.2, -0.15) is 16.9 Å². The van der Waals surface area contributed by atoms with E-state index in [9.17, 15) is 10.1 Å². The Morgan fingerprint density at radius 2 is 2.36 bits per heavy atom. The lowest BCUT2D eigenvalue weighted by Gasteiger charge is -2.36. The first-order valence-corrected chi connectivity index (χ1v) is 9.37. The summed E-state index contributed by atoms with van der Waals surface area (Å²) in [7, 11) is 0. The van der Waals surface area contributed by atoms with E-state index in [4.69, 9.17) is 0 Å². The van der Waals surface area contributed by atoms with E-state index in [1.165, 1.54) is 12.4 Å². The van der Waals surface area contributed by atoms with Gasteiger partial charge in [-0.1, -0.05) is 13.8 Å². The highest BCUT2D eigenvalue weighted by Gasteiger charge is 2.24. The molecule has 0 aromatic carbocycles. The first-order valence-electron chi connectivity index (χ1n) is 8.33. The number of hydrogen-bond donors (Lipinski definition) is 1. The number of nitro groups is 1. The molecular formula is C15H27IN6O2S. The molecule has 0 radical (unpaired) electrons. The number of hydrogen-bond acceptors (Lipinski definition) is 5. The van der Waals surface area contributed by atoms with E-state index in [-0.39, 0.29) is 29.7 Å². The van der Waals surface area contributed by atoms with Crippen molar-refractivity contribution in [2.45, 2.75) is 32.6 Å². The number of nitrogens with zero attached hydrogens (tertiary/aromatic N) is 5. The monoisotopic (exact) mass is 482 g/mol. The smallest absolute Gasteiger partial charge is 0.306 e. The Morgan fingerprint density at radius 3 is 2.96 bits per heavy atom. The Hall–Kier alpha value is -1.04. The summed E-state index contributed by atoms with van der Waals surface area (Å²) >= 11 is 2.03. The molecule has 0 spiro atoms. The van der Waals surface area contributed by atoms with Crippen LogP contribution in [0.1, 0.15) is 20.8 Å². The molecule has 0 aliphatic carbocycles. The number of guanidine groups is 1. The molecule has 8 nitrogen and oxygen atoms in total. The summed E-state index contributed by atoms with van der Waals surface area (Å²) in [5.41, 5.74) is 0.0127. The third kappa shape index (κ3) is 6.65. The minimum atomic E-state index is -0.436. The summed E-state index contributed by atoms with van der Waals surface area (Å²) in [4.78, 5) is 17.2. The van der Waals surface area contributed by atoms with Gasteiger partial charge in [0, 0.05) is 30.6 Å². The molecule has 1 saturated heterocycles. The van der Waals surface area contributed by atoms with Crippen LogP contribution in [0.4, 0.5) is 5.69 Å². The van der Waals surface area contributed by atoms with Gasteiger partial charge in [0.15, 0.2) is 5.96 Å². The predicted octanol–water partition coefficient (Wildman–Crippen LogP) is 2.45. The van der Waals surface area contributed by atoms with Gasteiger partial charge in [-0.05, 0) is 12.8 Å². The van der Waals surface area contributed by atoms with Crippen LogP contribution in [0.15, 0.2) is 17.4 Å². The van der Waals surface area contributed by atoms with E-state index in [1.807, 2.05) is 11.8 Å². The molecule has 1 atom stereocenters. The Kier molecular flexibility index (Phi) is 9.54. The molecule has 0 saturated carbocycles. The number of rotatable bonds is 6. The quantitative estimate of drug-likeness (QED) is 0.220. The minimum absolute atomic E-state index is 0. The van der Waals surface area contributed by atoms with Gasteiger partial charge in [-0.25, -0.2) is 0 Å². The van der Waals surface area contributed by atoms with Crippen LogP contribution in [0.3, 0.4) is 0 Å². The van der Waals surface area contributed by atoms with Crippen LogP contribution in [-0.4, -0.2) is 62.7 Å². The molecule has 0 bridgehead atoms.